The van der Waals surface area contributed by atoms with Gasteiger partial charge in [0.15, 0.2) is 0 Å². The Balaban J connectivity index is 2.21. The fourth-order valence-electron chi connectivity index (χ4n) is 1.80. The van der Waals surface area contributed by atoms with E-state index in [0.29, 0.717) is 5.69 Å². The number of hydrogen-bond donors (Lipinski definition) is 2. The highest BCUT2D eigenvalue weighted by Crippen LogP contribution is 2.30. The summed E-state index contributed by atoms with van der Waals surface area (Å²) in [5.41, 5.74) is 4.65. The van der Waals surface area contributed by atoms with Crippen LogP contribution < -0.4 is 11.1 Å². The number of benzene rings is 1. The SMILES string of the molecule is CC(C)(CN)C(=O)Nc1ccc(-n2nccc2C(F)(F)F)cc1. The van der Waals surface area contributed by atoms with E-state index >= 15 is 0 Å². The predicted molar refractivity (Wildman–Crippen MR) is 80.0 cm³/mol. The van der Waals surface area contributed by atoms with Crippen molar-refractivity contribution in [2.24, 2.45) is 11.1 Å². The minimum Gasteiger partial charge on any atom is -0.329 e. The molecule has 0 saturated heterocycles. The standard InChI is InChI=1S/C15H17F3N4O/c1-14(2,9-19)13(23)21-10-3-5-11(6-4-10)22-12(7-8-20-22)15(16,17)18/h3-8H,9,19H2,1-2H3,(H,21,23). The smallest absolute Gasteiger partial charge is 0.329 e. The molecule has 23 heavy (non-hydrogen) atoms. The highest BCUT2D eigenvalue weighted by atomic mass is 19.4. The molecule has 8 heteroatoms. The third kappa shape index (κ3) is 3.70. The summed E-state index contributed by atoms with van der Waals surface area (Å²) in [4.78, 5) is 12.0. The molecule has 0 fully saturated rings. The van der Waals surface area contributed by atoms with Gasteiger partial charge in [0.05, 0.1) is 17.3 Å². The van der Waals surface area contributed by atoms with Gasteiger partial charge in [0.25, 0.3) is 0 Å². The first-order chi connectivity index (χ1) is 10.6. The number of aromatic nitrogens is 2. The molecule has 0 aliphatic rings. The molecule has 2 aromatic rings. The lowest BCUT2D eigenvalue weighted by Crippen LogP contribution is -2.37. The summed E-state index contributed by atoms with van der Waals surface area (Å²) in [6.45, 7) is 3.59. The first kappa shape index (κ1) is 17.0. The molecule has 0 aliphatic carbocycles. The lowest BCUT2D eigenvalue weighted by Gasteiger charge is -2.21. The number of anilines is 1. The predicted octanol–water partition coefficient (Wildman–Crippen LogP) is 2.81. The van der Waals surface area contributed by atoms with Gasteiger partial charge in [-0.1, -0.05) is 0 Å². The van der Waals surface area contributed by atoms with Crippen molar-refractivity contribution in [1.29, 1.82) is 0 Å². The third-order valence-corrected chi connectivity index (χ3v) is 3.43. The Hall–Kier alpha value is -2.35. The van der Waals surface area contributed by atoms with E-state index in [1.54, 1.807) is 13.8 Å². The van der Waals surface area contributed by atoms with Crippen LogP contribution in [0.1, 0.15) is 19.5 Å². The Labute approximate surface area is 131 Å². The Morgan fingerprint density at radius 2 is 1.83 bits per heavy atom. The molecule has 0 radical (unpaired) electrons. The molecule has 1 heterocycles. The second kappa shape index (κ2) is 6.04. The maximum absolute atomic E-state index is 12.9. The van der Waals surface area contributed by atoms with E-state index in [1.165, 1.54) is 24.3 Å². The van der Waals surface area contributed by atoms with E-state index < -0.39 is 17.3 Å². The molecule has 1 aromatic carbocycles. The number of halogens is 3. The van der Waals surface area contributed by atoms with Gasteiger partial charge in [-0.2, -0.15) is 18.3 Å². The maximum Gasteiger partial charge on any atom is 0.433 e. The summed E-state index contributed by atoms with van der Waals surface area (Å²) in [5.74, 6) is -0.261. The average molecular weight is 326 g/mol. The van der Waals surface area contributed by atoms with Crippen molar-refractivity contribution in [3.63, 3.8) is 0 Å². The van der Waals surface area contributed by atoms with Crippen LogP contribution in [0.3, 0.4) is 0 Å². The largest absolute Gasteiger partial charge is 0.433 e. The summed E-state index contributed by atoms with van der Waals surface area (Å²) >= 11 is 0. The summed E-state index contributed by atoms with van der Waals surface area (Å²) in [7, 11) is 0. The zero-order chi connectivity index (χ0) is 17.3. The van der Waals surface area contributed by atoms with Crippen LogP contribution in [0, 0.1) is 5.41 Å². The number of carbonyl (C=O) groups excluding carboxylic acids is 1. The van der Waals surface area contributed by atoms with Crippen molar-refractivity contribution in [1.82, 2.24) is 9.78 Å². The molecule has 0 aliphatic heterocycles. The minimum atomic E-state index is -4.49. The van der Waals surface area contributed by atoms with Gasteiger partial charge < -0.3 is 11.1 Å². The molecule has 0 bridgehead atoms. The number of hydrogen-bond acceptors (Lipinski definition) is 3. The van der Waals surface area contributed by atoms with Crippen LogP contribution in [-0.4, -0.2) is 22.2 Å². The van der Waals surface area contributed by atoms with Crippen LogP contribution >= 0.6 is 0 Å². The van der Waals surface area contributed by atoms with Gasteiger partial charge in [-0.15, -0.1) is 0 Å². The van der Waals surface area contributed by atoms with Crippen LogP contribution in [0.15, 0.2) is 36.5 Å². The van der Waals surface area contributed by atoms with Crippen LogP contribution in [-0.2, 0) is 11.0 Å². The number of nitrogens with zero attached hydrogens (tertiary/aromatic N) is 2. The summed E-state index contributed by atoms with van der Waals surface area (Å²) < 4.78 is 39.4. The molecule has 0 spiro atoms. The molecule has 3 N–H and O–H groups in total. The van der Waals surface area contributed by atoms with E-state index in [9.17, 15) is 18.0 Å². The lowest BCUT2D eigenvalue weighted by molar-refractivity contribution is -0.142. The molecular weight excluding hydrogens is 309 g/mol. The van der Waals surface area contributed by atoms with Crippen molar-refractivity contribution in [3.05, 3.63) is 42.2 Å². The monoisotopic (exact) mass is 326 g/mol. The van der Waals surface area contributed by atoms with Gasteiger partial charge >= 0.3 is 6.18 Å². The molecule has 124 valence electrons. The van der Waals surface area contributed by atoms with Gasteiger partial charge in [-0.25, -0.2) is 4.68 Å². The minimum absolute atomic E-state index is 0.180. The van der Waals surface area contributed by atoms with Crippen molar-refractivity contribution in [2.75, 3.05) is 11.9 Å². The molecular formula is C15H17F3N4O. The van der Waals surface area contributed by atoms with Gasteiger partial charge in [-0.05, 0) is 44.2 Å². The molecule has 5 nitrogen and oxygen atoms in total. The first-order valence-corrected chi connectivity index (χ1v) is 6.88. The molecule has 0 unspecified atom stereocenters. The number of rotatable bonds is 4. The zero-order valence-corrected chi connectivity index (χ0v) is 12.7. The van der Waals surface area contributed by atoms with E-state index in [4.69, 9.17) is 5.73 Å². The Morgan fingerprint density at radius 3 is 2.35 bits per heavy atom. The average Bonchev–Trinajstić information content (AvgIpc) is 2.97. The fraction of sp³-hybridized carbons (Fsp3) is 0.333. The van der Waals surface area contributed by atoms with Crippen LogP contribution in [0.25, 0.3) is 5.69 Å². The van der Waals surface area contributed by atoms with Gasteiger partial charge in [0.2, 0.25) is 5.91 Å². The van der Waals surface area contributed by atoms with Crippen molar-refractivity contribution >= 4 is 11.6 Å². The molecule has 1 aromatic heterocycles. The highest BCUT2D eigenvalue weighted by molar-refractivity contribution is 5.95. The molecule has 0 atom stereocenters. The van der Waals surface area contributed by atoms with E-state index in [0.717, 1.165) is 16.9 Å². The van der Waals surface area contributed by atoms with Crippen LogP contribution in [0.4, 0.5) is 18.9 Å². The second-order valence-electron chi connectivity index (χ2n) is 5.72. The maximum atomic E-state index is 12.9. The normalized spacial score (nSPS) is 12.3. The number of nitrogens with one attached hydrogen (secondary N) is 1. The van der Waals surface area contributed by atoms with Crippen molar-refractivity contribution in [3.8, 4) is 5.69 Å². The molecule has 0 saturated carbocycles. The molecule has 2 rings (SSSR count). The summed E-state index contributed by atoms with van der Waals surface area (Å²) in [5, 5.41) is 6.37. The van der Waals surface area contributed by atoms with Gasteiger partial charge in [-0.3, -0.25) is 4.79 Å². The first-order valence-electron chi connectivity index (χ1n) is 6.88. The zero-order valence-electron chi connectivity index (χ0n) is 12.7. The van der Waals surface area contributed by atoms with Crippen molar-refractivity contribution in [2.45, 2.75) is 20.0 Å². The van der Waals surface area contributed by atoms with Crippen LogP contribution in [0.2, 0.25) is 0 Å². The Kier molecular flexibility index (Phi) is 4.46. The van der Waals surface area contributed by atoms with Crippen molar-refractivity contribution < 1.29 is 18.0 Å². The number of alkyl halides is 3. The van der Waals surface area contributed by atoms with Gasteiger partial charge in [0.1, 0.15) is 5.69 Å². The van der Waals surface area contributed by atoms with E-state index in [2.05, 4.69) is 10.4 Å². The summed E-state index contributed by atoms with van der Waals surface area (Å²) in [6, 6.07) is 6.84. The van der Waals surface area contributed by atoms with E-state index in [-0.39, 0.29) is 18.1 Å². The highest BCUT2D eigenvalue weighted by Gasteiger charge is 2.35. The second-order valence-corrected chi connectivity index (χ2v) is 5.72. The van der Waals surface area contributed by atoms with Gasteiger partial charge in [0, 0.05) is 12.2 Å². The summed E-state index contributed by atoms with van der Waals surface area (Å²) in [6.07, 6.45) is -3.41. The topological polar surface area (TPSA) is 72.9 Å². The van der Waals surface area contributed by atoms with Crippen LogP contribution in [0.5, 0.6) is 0 Å². The molecule has 1 amide bonds. The Morgan fingerprint density at radius 1 is 1.22 bits per heavy atom. The third-order valence-electron chi connectivity index (χ3n) is 3.43. The van der Waals surface area contributed by atoms with E-state index in [1.807, 2.05) is 0 Å². The quantitative estimate of drug-likeness (QED) is 0.907. The Bertz CT molecular complexity index is 689. The lowest BCUT2D eigenvalue weighted by atomic mass is 9.92. The number of amides is 1. The fourth-order valence-corrected chi connectivity index (χ4v) is 1.80. The number of nitrogens with two attached hydrogens (primary N) is 1. The number of carbonyl (C=O) groups is 1.